The largest absolute Gasteiger partial charge is 0.320 e. The van der Waals surface area contributed by atoms with Crippen molar-refractivity contribution < 1.29 is 14.2 Å². The van der Waals surface area contributed by atoms with Gasteiger partial charge in [-0.05, 0) is 24.6 Å². The van der Waals surface area contributed by atoms with Crippen molar-refractivity contribution in [2.45, 2.75) is 19.9 Å². The zero-order valence-electron chi connectivity index (χ0n) is 14.8. The second kappa shape index (κ2) is 7.74. The minimum atomic E-state index is -0.446. The van der Waals surface area contributed by atoms with Gasteiger partial charge in [-0.2, -0.15) is 4.57 Å². The molecule has 1 aromatic heterocycles. The molecular formula is C22H21N2O2+. The van der Waals surface area contributed by atoms with Gasteiger partial charge in [-0.1, -0.05) is 48.5 Å². The number of benzene rings is 2. The number of hydrogen-bond donors (Lipinski definition) is 1. The van der Waals surface area contributed by atoms with E-state index in [1.165, 1.54) is 6.92 Å². The molecule has 1 atom stereocenters. The highest BCUT2D eigenvalue weighted by Crippen LogP contribution is 2.27. The predicted molar refractivity (Wildman–Crippen MR) is 102 cm³/mol. The highest BCUT2D eigenvalue weighted by atomic mass is 16.2. The van der Waals surface area contributed by atoms with E-state index in [2.05, 4.69) is 5.32 Å². The van der Waals surface area contributed by atoms with Crippen molar-refractivity contribution in [3.05, 3.63) is 84.7 Å². The molecule has 1 amide bonds. The van der Waals surface area contributed by atoms with Crippen LogP contribution in [-0.2, 0) is 4.79 Å². The molecule has 0 unspecified atom stereocenters. The van der Waals surface area contributed by atoms with Gasteiger partial charge in [0.1, 0.15) is 0 Å². The number of nitrogens with zero attached hydrogens (tertiary/aromatic N) is 1. The van der Waals surface area contributed by atoms with Crippen LogP contribution in [0.2, 0.25) is 0 Å². The summed E-state index contributed by atoms with van der Waals surface area (Å²) >= 11 is 0. The topological polar surface area (TPSA) is 50.0 Å². The molecule has 0 saturated heterocycles. The lowest BCUT2D eigenvalue weighted by molar-refractivity contribution is -0.705. The molecule has 4 nitrogen and oxygen atoms in total. The van der Waals surface area contributed by atoms with Gasteiger partial charge in [-0.3, -0.25) is 9.59 Å². The van der Waals surface area contributed by atoms with Crippen LogP contribution in [0.15, 0.2) is 79.1 Å². The number of hydrogen-bond acceptors (Lipinski definition) is 2. The molecule has 0 spiro atoms. The van der Waals surface area contributed by atoms with Gasteiger partial charge in [0, 0.05) is 24.2 Å². The number of pyridine rings is 1. The molecule has 0 aliphatic rings. The molecule has 3 aromatic rings. The first-order valence-electron chi connectivity index (χ1n) is 8.53. The Balaban J connectivity index is 1.85. The van der Waals surface area contributed by atoms with Crippen LogP contribution in [0.5, 0.6) is 0 Å². The zero-order valence-corrected chi connectivity index (χ0v) is 14.8. The number of aromatic nitrogens is 1. The van der Waals surface area contributed by atoms with Gasteiger partial charge in [0.2, 0.25) is 6.04 Å². The Morgan fingerprint density at radius 3 is 2.35 bits per heavy atom. The van der Waals surface area contributed by atoms with Crippen LogP contribution >= 0.6 is 0 Å². The fourth-order valence-electron chi connectivity index (χ4n) is 2.78. The maximum absolute atomic E-state index is 12.8. The first-order chi connectivity index (χ1) is 12.6. The smallest absolute Gasteiger partial charge is 0.293 e. The van der Waals surface area contributed by atoms with Crippen molar-refractivity contribution in [1.82, 2.24) is 0 Å². The van der Waals surface area contributed by atoms with E-state index in [1.54, 1.807) is 29.1 Å². The van der Waals surface area contributed by atoms with Gasteiger partial charge in [-0.15, -0.1) is 0 Å². The highest BCUT2D eigenvalue weighted by Gasteiger charge is 2.23. The summed E-state index contributed by atoms with van der Waals surface area (Å²) in [6.45, 7) is 3.32. The fraction of sp³-hybridized carbons (Fsp3) is 0.136. The number of Topliss-reactive ketones (excluding diaryl/α,β-unsaturated/α-hetero) is 1. The maximum atomic E-state index is 12.8. The average Bonchev–Trinajstić information content (AvgIpc) is 2.68. The van der Waals surface area contributed by atoms with E-state index in [1.807, 2.05) is 61.5 Å². The standard InChI is InChI=1S/C22H20N2O2/c1-16(24-14-8-11-19(15-24)17(2)25)22(26)23-21-13-7-6-12-20(21)18-9-4-3-5-10-18/h3-16H,1-2H3/p+1/t16-/m1/s1. The van der Waals surface area contributed by atoms with Crippen LogP contribution in [-0.4, -0.2) is 11.7 Å². The molecule has 26 heavy (non-hydrogen) atoms. The molecule has 3 rings (SSSR count). The van der Waals surface area contributed by atoms with Crippen LogP contribution in [0, 0.1) is 0 Å². The lowest BCUT2D eigenvalue weighted by atomic mass is 10.0. The van der Waals surface area contributed by atoms with Gasteiger partial charge in [0.05, 0.1) is 5.56 Å². The molecule has 130 valence electrons. The third-order valence-electron chi connectivity index (χ3n) is 4.33. The number of para-hydroxylation sites is 1. The predicted octanol–water partition coefficient (Wildman–Crippen LogP) is 4.04. The van der Waals surface area contributed by atoms with Crippen molar-refractivity contribution >= 4 is 17.4 Å². The maximum Gasteiger partial charge on any atom is 0.293 e. The van der Waals surface area contributed by atoms with E-state index >= 15 is 0 Å². The normalized spacial score (nSPS) is 11.6. The molecule has 0 bridgehead atoms. The lowest BCUT2D eigenvalue weighted by Gasteiger charge is -2.13. The first kappa shape index (κ1) is 17.5. The summed E-state index contributed by atoms with van der Waals surface area (Å²) in [5, 5.41) is 3.01. The van der Waals surface area contributed by atoms with Gasteiger partial charge < -0.3 is 5.32 Å². The SMILES string of the molecule is CC(=O)c1ccc[n+]([C@H](C)C(=O)Nc2ccccc2-c2ccccc2)c1. The Labute approximate surface area is 153 Å². The Kier molecular flexibility index (Phi) is 5.23. The van der Waals surface area contributed by atoms with Crippen molar-refractivity contribution in [3.8, 4) is 11.1 Å². The minimum absolute atomic E-state index is 0.0265. The Hall–Kier alpha value is -3.27. The summed E-state index contributed by atoms with van der Waals surface area (Å²) in [6, 6.07) is 20.7. The highest BCUT2D eigenvalue weighted by molar-refractivity contribution is 5.97. The van der Waals surface area contributed by atoms with Crippen LogP contribution in [0.1, 0.15) is 30.2 Å². The Bertz CT molecular complexity index is 936. The zero-order chi connectivity index (χ0) is 18.5. The van der Waals surface area contributed by atoms with Crippen molar-refractivity contribution in [2.75, 3.05) is 5.32 Å². The number of carbonyl (C=O) groups is 2. The number of ketones is 1. The molecule has 4 heteroatoms. The van der Waals surface area contributed by atoms with E-state index in [9.17, 15) is 9.59 Å². The third-order valence-corrected chi connectivity index (χ3v) is 4.33. The van der Waals surface area contributed by atoms with E-state index in [4.69, 9.17) is 0 Å². The van der Waals surface area contributed by atoms with Crippen LogP contribution < -0.4 is 9.88 Å². The van der Waals surface area contributed by atoms with E-state index in [0.29, 0.717) is 5.56 Å². The quantitative estimate of drug-likeness (QED) is 0.560. The number of carbonyl (C=O) groups excluding carboxylic acids is 2. The van der Waals surface area contributed by atoms with Gasteiger partial charge in [-0.25, -0.2) is 0 Å². The minimum Gasteiger partial charge on any atom is -0.320 e. The second-order valence-electron chi connectivity index (χ2n) is 6.17. The van der Waals surface area contributed by atoms with E-state index in [0.717, 1.165) is 16.8 Å². The average molecular weight is 345 g/mol. The van der Waals surface area contributed by atoms with Gasteiger partial charge >= 0.3 is 0 Å². The molecule has 0 aliphatic carbocycles. The molecule has 0 aliphatic heterocycles. The molecule has 0 saturated carbocycles. The Morgan fingerprint density at radius 1 is 0.923 bits per heavy atom. The van der Waals surface area contributed by atoms with Crippen molar-refractivity contribution in [1.29, 1.82) is 0 Å². The van der Waals surface area contributed by atoms with Crippen LogP contribution in [0.25, 0.3) is 11.1 Å². The fourth-order valence-corrected chi connectivity index (χ4v) is 2.78. The van der Waals surface area contributed by atoms with E-state index in [-0.39, 0.29) is 11.7 Å². The van der Waals surface area contributed by atoms with Crippen molar-refractivity contribution in [3.63, 3.8) is 0 Å². The Morgan fingerprint density at radius 2 is 1.62 bits per heavy atom. The number of rotatable bonds is 5. The monoisotopic (exact) mass is 345 g/mol. The lowest BCUT2D eigenvalue weighted by Crippen LogP contribution is -2.44. The molecule has 0 fully saturated rings. The summed E-state index contributed by atoms with van der Waals surface area (Å²) in [5.74, 6) is -0.166. The summed E-state index contributed by atoms with van der Waals surface area (Å²) in [7, 11) is 0. The first-order valence-corrected chi connectivity index (χ1v) is 8.53. The van der Waals surface area contributed by atoms with Gasteiger partial charge in [0.25, 0.3) is 5.91 Å². The van der Waals surface area contributed by atoms with Crippen LogP contribution in [0.4, 0.5) is 5.69 Å². The van der Waals surface area contributed by atoms with E-state index < -0.39 is 6.04 Å². The third kappa shape index (κ3) is 3.86. The second-order valence-corrected chi connectivity index (χ2v) is 6.17. The number of amides is 1. The molecule has 2 aromatic carbocycles. The summed E-state index contributed by atoms with van der Waals surface area (Å²) in [5.41, 5.74) is 3.36. The molecule has 0 radical (unpaired) electrons. The molecular weight excluding hydrogens is 324 g/mol. The van der Waals surface area contributed by atoms with Crippen molar-refractivity contribution in [2.24, 2.45) is 0 Å². The summed E-state index contributed by atoms with van der Waals surface area (Å²) < 4.78 is 1.75. The number of nitrogens with one attached hydrogen (secondary N) is 1. The van der Waals surface area contributed by atoms with Gasteiger partial charge in [0.15, 0.2) is 18.2 Å². The number of anilines is 1. The van der Waals surface area contributed by atoms with Crippen LogP contribution in [0.3, 0.4) is 0 Å². The summed E-state index contributed by atoms with van der Waals surface area (Å²) in [6.07, 6.45) is 3.50. The molecule has 1 heterocycles. The molecule has 1 N–H and O–H groups in total. The summed E-state index contributed by atoms with van der Waals surface area (Å²) in [4.78, 5) is 24.3.